The molecular formula is C11H9F3N2O4S. The number of hydrogen-bond acceptors (Lipinski definition) is 4. The Labute approximate surface area is 116 Å². The van der Waals surface area contributed by atoms with Crippen molar-refractivity contribution in [3.63, 3.8) is 0 Å². The second kappa shape index (κ2) is 4.72. The molecule has 1 N–H and O–H groups in total. The third-order valence-electron chi connectivity index (χ3n) is 2.78. The molecule has 0 spiro atoms. The maximum Gasteiger partial charge on any atom is 0.417 e. The molecule has 0 bridgehead atoms. The molecule has 10 heteroatoms. The zero-order valence-corrected chi connectivity index (χ0v) is 11.4. The van der Waals surface area contributed by atoms with Gasteiger partial charge in [-0.3, -0.25) is 4.40 Å². The Morgan fingerprint density at radius 1 is 1.38 bits per heavy atom. The molecule has 21 heavy (non-hydrogen) atoms. The third-order valence-corrected chi connectivity index (χ3v) is 4.52. The van der Waals surface area contributed by atoms with Crippen LogP contribution in [0.3, 0.4) is 0 Å². The number of carbonyl (C=O) groups is 1. The van der Waals surface area contributed by atoms with E-state index in [-0.39, 0.29) is 5.65 Å². The van der Waals surface area contributed by atoms with Gasteiger partial charge in [-0.05, 0) is 12.1 Å². The van der Waals surface area contributed by atoms with Gasteiger partial charge in [0.1, 0.15) is 5.65 Å². The maximum absolute atomic E-state index is 12.7. The summed E-state index contributed by atoms with van der Waals surface area (Å²) in [5, 5.41) is 8.24. The van der Waals surface area contributed by atoms with Crippen LogP contribution in [0.2, 0.25) is 0 Å². The van der Waals surface area contributed by atoms with E-state index in [1.165, 1.54) is 6.92 Å². The average molecular weight is 322 g/mol. The highest BCUT2D eigenvalue weighted by atomic mass is 32.2. The largest absolute Gasteiger partial charge is 0.476 e. The van der Waals surface area contributed by atoms with Crippen molar-refractivity contribution < 1.29 is 31.5 Å². The van der Waals surface area contributed by atoms with Crippen molar-refractivity contribution in [3.05, 3.63) is 29.6 Å². The van der Waals surface area contributed by atoms with Crippen molar-refractivity contribution in [2.45, 2.75) is 18.1 Å². The summed E-state index contributed by atoms with van der Waals surface area (Å²) in [6.07, 6.45) is -4.16. The van der Waals surface area contributed by atoms with Crippen LogP contribution < -0.4 is 0 Å². The highest BCUT2D eigenvalue weighted by Crippen LogP contribution is 2.30. The van der Waals surface area contributed by atoms with Crippen LogP contribution in [0, 0.1) is 0 Å². The monoisotopic (exact) mass is 322 g/mol. The van der Waals surface area contributed by atoms with Crippen molar-refractivity contribution in [1.29, 1.82) is 0 Å². The first-order valence-corrected chi connectivity index (χ1v) is 7.28. The van der Waals surface area contributed by atoms with Crippen LogP contribution in [-0.4, -0.2) is 34.6 Å². The van der Waals surface area contributed by atoms with Crippen molar-refractivity contribution in [2.24, 2.45) is 0 Å². The lowest BCUT2D eigenvalue weighted by Gasteiger charge is -2.08. The SMILES string of the molecule is CCS(=O)(=O)c1c(C(=O)O)nc2ccc(C(F)(F)F)cn12. The minimum atomic E-state index is -4.69. The summed E-state index contributed by atoms with van der Waals surface area (Å²) in [7, 11) is -4.07. The first-order chi connectivity index (χ1) is 9.58. The van der Waals surface area contributed by atoms with E-state index in [1.54, 1.807) is 0 Å². The Bertz CT molecular complexity index is 824. The molecule has 0 fully saturated rings. The number of halogens is 3. The van der Waals surface area contributed by atoms with Crippen LogP contribution in [0.5, 0.6) is 0 Å². The van der Waals surface area contributed by atoms with E-state index in [9.17, 15) is 26.4 Å². The smallest absolute Gasteiger partial charge is 0.417 e. The predicted molar refractivity (Wildman–Crippen MR) is 64.9 cm³/mol. The van der Waals surface area contributed by atoms with E-state index in [0.29, 0.717) is 16.7 Å². The van der Waals surface area contributed by atoms with Crippen molar-refractivity contribution >= 4 is 21.5 Å². The van der Waals surface area contributed by atoms with E-state index in [0.717, 1.165) is 6.07 Å². The van der Waals surface area contributed by atoms with E-state index in [2.05, 4.69) is 4.98 Å². The van der Waals surface area contributed by atoms with Crippen LogP contribution >= 0.6 is 0 Å². The number of aromatic nitrogens is 2. The summed E-state index contributed by atoms with van der Waals surface area (Å²) >= 11 is 0. The normalized spacial score (nSPS) is 12.8. The molecule has 0 aromatic carbocycles. The molecule has 0 aliphatic rings. The molecule has 0 unspecified atom stereocenters. The molecule has 6 nitrogen and oxygen atoms in total. The zero-order valence-electron chi connectivity index (χ0n) is 10.5. The standard InChI is InChI=1S/C11H9F3N2O4S/c1-2-21(19,20)9-8(10(17)18)15-7-4-3-6(5-16(7)9)11(12,13)14/h3-5H,2H2,1H3,(H,17,18). The second-order valence-corrected chi connectivity index (χ2v) is 6.31. The fourth-order valence-corrected chi connectivity index (χ4v) is 2.91. The van der Waals surface area contributed by atoms with Gasteiger partial charge in [0.15, 0.2) is 20.6 Å². The Hall–Kier alpha value is -2.10. The fourth-order valence-electron chi connectivity index (χ4n) is 1.76. The highest BCUT2D eigenvalue weighted by Gasteiger charge is 2.33. The van der Waals surface area contributed by atoms with E-state index >= 15 is 0 Å². The maximum atomic E-state index is 12.7. The molecule has 0 saturated heterocycles. The molecule has 0 saturated carbocycles. The quantitative estimate of drug-likeness (QED) is 0.931. The van der Waals surface area contributed by atoms with Gasteiger partial charge in [-0.15, -0.1) is 0 Å². The third kappa shape index (κ3) is 2.58. The van der Waals surface area contributed by atoms with E-state index < -0.39 is 44.0 Å². The van der Waals surface area contributed by atoms with Gasteiger partial charge >= 0.3 is 12.1 Å². The molecule has 0 aliphatic heterocycles. The molecular weight excluding hydrogens is 313 g/mol. The molecule has 0 aliphatic carbocycles. The lowest BCUT2D eigenvalue weighted by Crippen LogP contribution is -2.13. The summed E-state index contributed by atoms with van der Waals surface area (Å²) in [5.74, 6) is -2.09. The summed E-state index contributed by atoms with van der Waals surface area (Å²) in [4.78, 5) is 14.6. The summed E-state index contributed by atoms with van der Waals surface area (Å²) in [6, 6.07) is 1.63. The number of carboxylic acid groups (broad SMARTS) is 1. The Morgan fingerprint density at radius 2 is 2.00 bits per heavy atom. The number of fused-ring (bicyclic) bond motifs is 1. The van der Waals surface area contributed by atoms with Gasteiger partial charge in [0.25, 0.3) is 0 Å². The number of alkyl halides is 3. The lowest BCUT2D eigenvalue weighted by atomic mass is 10.3. The van der Waals surface area contributed by atoms with E-state index in [4.69, 9.17) is 5.11 Å². The van der Waals surface area contributed by atoms with Crippen LogP contribution in [0.25, 0.3) is 5.65 Å². The molecule has 0 atom stereocenters. The number of carboxylic acids is 1. The van der Waals surface area contributed by atoms with Gasteiger partial charge in [0.05, 0.1) is 11.3 Å². The molecule has 0 amide bonds. The van der Waals surface area contributed by atoms with Gasteiger partial charge in [0.2, 0.25) is 0 Å². The number of sulfone groups is 1. The Morgan fingerprint density at radius 3 is 2.48 bits per heavy atom. The minimum absolute atomic E-state index is 0.188. The highest BCUT2D eigenvalue weighted by molar-refractivity contribution is 7.91. The Kier molecular flexibility index (Phi) is 3.44. The topological polar surface area (TPSA) is 88.7 Å². The van der Waals surface area contributed by atoms with E-state index in [1.807, 2.05) is 0 Å². The van der Waals surface area contributed by atoms with Gasteiger partial charge in [-0.1, -0.05) is 6.92 Å². The fraction of sp³-hybridized carbons (Fsp3) is 0.273. The molecule has 0 radical (unpaired) electrons. The summed E-state index contributed by atoms with van der Waals surface area (Å²) < 4.78 is 62.6. The number of hydrogen-bond donors (Lipinski definition) is 1. The number of pyridine rings is 1. The van der Waals surface area contributed by atoms with Gasteiger partial charge < -0.3 is 5.11 Å². The van der Waals surface area contributed by atoms with Crippen molar-refractivity contribution in [3.8, 4) is 0 Å². The molecule has 2 aromatic rings. The minimum Gasteiger partial charge on any atom is -0.476 e. The first-order valence-electron chi connectivity index (χ1n) is 5.63. The van der Waals surface area contributed by atoms with Crippen LogP contribution in [-0.2, 0) is 16.0 Å². The average Bonchev–Trinajstić information content (AvgIpc) is 2.76. The van der Waals surface area contributed by atoms with Crippen LogP contribution in [0.15, 0.2) is 23.4 Å². The molecule has 2 heterocycles. The van der Waals surface area contributed by atoms with Gasteiger partial charge in [-0.2, -0.15) is 13.2 Å². The van der Waals surface area contributed by atoms with Crippen LogP contribution in [0.1, 0.15) is 23.0 Å². The first kappa shape index (κ1) is 15.3. The summed E-state index contributed by atoms with van der Waals surface area (Å²) in [6.45, 7) is 1.26. The summed E-state index contributed by atoms with van der Waals surface area (Å²) in [5.41, 5.74) is -2.08. The molecule has 2 rings (SSSR count). The Balaban J connectivity index is 2.90. The van der Waals surface area contributed by atoms with Gasteiger partial charge in [0, 0.05) is 6.20 Å². The number of rotatable bonds is 3. The lowest BCUT2D eigenvalue weighted by molar-refractivity contribution is -0.137. The zero-order chi connectivity index (χ0) is 16.0. The molecule has 114 valence electrons. The second-order valence-electron chi connectivity index (χ2n) is 4.12. The number of nitrogens with zero attached hydrogens (tertiary/aromatic N) is 2. The van der Waals surface area contributed by atoms with Crippen molar-refractivity contribution in [2.75, 3.05) is 5.75 Å². The van der Waals surface area contributed by atoms with Gasteiger partial charge in [-0.25, -0.2) is 18.2 Å². The van der Waals surface area contributed by atoms with Crippen molar-refractivity contribution in [1.82, 2.24) is 9.38 Å². The number of imidazole rings is 1. The van der Waals surface area contributed by atoms with Crippen LogP contribution in [0.4, 0.5) is 13.2 Å². The number of aromatic carboxylic acids is 1. The molecule has 2 aromatic heterocycles. The predicted octanol–water partition coefficient (Wildman–Crippen LogP) is 1.84.